The highest BCUT2D eigenvalue weighted by atomic mass is 14.7. The predicted molar refractivity (Wildman–Crippen MR) is 66.4 cm³/mol. The molecular weight excluding hydrogens is 194 g/mol. The summed E-state index contributed by atoms with van der Waals surface area (Å²) in [5.41, 5.74) is 6.78. The quantitative estimate of drug-likeness (QED) is 0.646. The third-order valence-electron chi connectivity index (χ3n) is 3.32. The largest absolute Gasteiger partial charge is 0.261 e. The van der Waals surface area contributed by atoms with Crippen LogP contribution < -0.4 is 0 Å². The van der Waals surface area contributed by atoms with Crippen molar-refractivity contribution >= 4 is 0 Å². The number of fused-ring (bicyclic) bond motifs is 3. The minimum Gasteiger partial charge on any atom is -0.261 e. The second kappa shape index (κ2) is 3.75. The zero-order valence-corrected chi connectivity index (χ0v) is 9.53. The van der Waals surface area contributed by atoms with Gasteiger partial charge in [-0.1, -0.05) is 24.3 Å². The number of nitrogens with zero attached hydrogens (tertiary/aromatic N) is 1. The number of benzene rings is 1. The Morgan fingerprint density at radius 3 is 2.75 bits per heavy atom. The van der Waals surface area contributed by atoms with Crippen molar-refractivity contribution in [3.63, 3.8) is 0 Å². The maximum atomic E-state index is 4.41. The number of rotatable bonds is 0. The molecule has 0 saturated heterocycles. The topological polar surface area (TPSA) is 12.9 Å². The van der Waals surface area contributed by atoms with Crippen LogP contribution in [0.2, 0.25) is 0 Å². The van der Waals surface area contributed by atoms with Crippen molar-refractivity contribution in [1.82, 2.24) is 4.98 Å². The van der Waals surface area contributed by atoms with Gasteiger partial charge >= 0.3 is 0 Å². The average molecular weight is 209 g/mol. The molecule has 0 saturated carbocycles. The van der Waals surface area contributed by atoms with Gasteiger partial charge in [0.2, 0.25) is 0 Å². The van der Waals surface area contributed by atoms with E-state index in [9.17, 15) is 0 Å². The summed E-state index contributed by atoms with van der Waals surface area (Å²) in [5.74, 6) is 0. The van der Waals surface area contributed by atoms with Crippen LogP contribution in [0.15, 0.2) is 36.5 Å². The Morgan fingerprint density at radius 2 is 1.81 bits per heavy atom. The van der Waals surface area contributed by atoms with Gasteiger partial charge in [-0.15, -0.1) is 0 Å². The van der Waals surface area contributed by atoms with Crippen LogP contribution in [0.1, 0.15) is 23.2 Å². The normalized spacial score (nSPS) is 13.8. The molecule has 80 valence electrons. The smallest absolute Gasteiger partial charge is 0.0379 e. The molecule has 1 nitrogen and oxygen atoms in total. The summed E-state index contributed by atoms with van der Waals surface area (Å²) >= 11 is 0. The van der Waals surface area contributed by atoms with E-state index in [2.05, 4.69) is 42.2 Å². The van der Waals surface area contributed by atoms with Crippen LogP contribution >= 0.6 is 0 Å². The summed E-state index contributed by atoms with van der Waals surface area (Å²) in [5, 5.41) is 0. The first-order valence-corrected chi connectivity index (χ1v) is 5.88. The van der Waals surface area contributed by atoms with Crippen LogP contribution in [-0.2, 0) is 12.8 Å². The average Bonchev–Trinajstić information content (AvgIpc) is 2.48. The number of hydrogen-bond acceptors (Lipinski definition) is 1. The number of aryl methyl sites for hydroxylation is 3. The van der Waals surface area contributed by atoms with Crippen LogP contribution in [0.5, 0.6) is 0 Å². The molecule has 2 aromatic rings. The molecule has 1 heteroatoms. The van der Waals surface area contributed by atoms with Crippen LogP contribution in [0.25, 0.3) is 11.1 Å². The predicted octanol–water partition coefficient (Wildman–Crippen LogP) is 3.55. The van der Waals surface area contributed by atoms with E-state index in [1.807, 2.05) is 6.20 Å². The fourth-order valence-electron chi connectivity index (χ4n) is 2.51. The van der Waals surface area contributed by atoms with Gasteiger partial charge in [-0.25, -0.2) is 0 Å². The van der Waals surface area contributed by atoms with E-state index in [4.69, 9.17) is 0 Å². The van der Waals surface area contributed by atoms with Gasteiger partial charge in [-0.3, -0.25) is 4.98 Å². The van der Waals surface area contributed by atoms with Crippen molar-refractivity contribution in [2.24, 2.45) is 0 Å². The molecule has 0 aliphatic heterocycles. The molecule has 1 aromatic carbocycles. The first-order valence-electron chi connectivity index (χ1n) is 5.88. The summed E-state index contributed by atoms with van der Waals surface area (Å²) in [6, 6.07) is 11.0. The molecule has 16 heavy (non-hydrogen) atoms. The summed E-state index contributed by atoms with van der Waals surface area (Å²) < 4.78 is 0. The van der Waals surface area contributed by atoms with Crippen molar-refractivity contribution in [1.29, 1.82) is 0 Å². The molecular formula is C15H15N. The second-order valence-electron chi connectivity index (χ2n) is 4.49. The first-order chi connectivity index (χ1) is 7.84. The van der Waals surface area contributed by atoms with Crippen LogP contribution in [0, 0.1) is 6.92 Å². The molecule has 0 amide bonds. The zero-order chi connectivity index (χ0) is 11.0. The van der Waals surface area contributed by atoms with E-state index >= 15 is 0 Å². The lowest BCUT2D eigenvalue weighted by molar-refractivity contribution is 0.830. The highest BCUT2D eigenvalue weighted by Crippen LogP contribution is 2.32. The van der Waals surface area contributed by atoms with Crippen molar-refractivity contribution in [2.75, 3.05) is 0 Å². The van der Waals surface area contributed by atoms with Gasteiger partial charge in [0.25, 0.3) is 0 Å². The minimum absolute atomic E-state index is 1.11. The molecule has 0 bridgehead atoms. The fraction of sp³-hybridized carbons (Fsp3) is 0.267. The maximum Gasteiger partial charge on any atom is 0.0379 e. The monoisotopic (exact) mass is 209 g/mol. The molecule has 0 atom stereocenters. The summed E-state index contributed by atoms with van der Waals surface area (Å²) in [4.78, 5) is 4.41. The summed E-state index contributed by atoms with van der Waals surface area (Å²) in [7, 11) is 0. The standard InChI is InChI=1S/C15H15N/c1-11-9-15-13(10-16-11)7-4-6-12-5-2-3-8-14(12)15/h2-3,5,8-10H,4,6-7H2,1H3. The molecule has 1 heterocycles. The Bertz CT molecular complexity index is 529. The lowest BCUT2D eigenvalue weighted by atomic mass is 9.97. The van der Waals surface area contributed by atoms with Crippen molar-refractivity contribution in [2.45, 2.75) is 26.2 Å². The van der Waals surface area contributed by atoms with Gasteiger partial charge in [-0.05, 0) is 54.5 Å². The molecule has 0 spiro atoms. The SMILES string of the molecule is Cc1cc2c(cn1)CCCc1ccccc1-2. The molecule has 1 aliphatic rings. The van der Waals surface area contributed by atoms with E-state index in [-0.39, 0.29) is 0 Å². The van der Waals surface area contributed by atoms with Gasteiger partial charge in [0.05, 0.1) is 0 Å². The minimum atomic E-state index is 1.11. The van der Waals surface area contributed by atoms with Crippen LogP contribution in [0.4, 0.5) is 0 Å². The molecule has 0 radical (unpaired) electrons. The van der Waals surface area contributed by atoms with Gasteiger partial charge < -0.3 is 0 Å². The maximum absolute atomic E-state index is 4.41. The number of pyridine rings is 1. The Kier molecular flexibility index (Phi) is 2.24. The summed E-state index contributed by atoms with van der Waals surface area (Å²) in [6.45, 7) is 2.06. The Balaban J connectivity index is 2.28. The highest BCUT2D eigenvalue weighted by Gasteiger charge is 2.13. The van der Waals surface area contributed by atoms with Crippen molar-refractivity contribution in [3.05, 3.63) is 53.3 Å². The lowest BCUT2D eigenvalue weighted by Gasteiger charge is -2.09. The Hall–Kier alpha value is -1.63. The third-order valence-corrected chi connectivity index (χ3v) is 3.32. The van der Waals surface area contributed by atoms with E-state index < -0.39 is 0 Å². The third kappa shape index (κ3) is 1.53. The van der Waals surface area contributed by atoms with Crippen molar-refractivity contribution in [3.8, 4) is 11.1 Å². The molecule has 3 rings (SSSR count). The zero-order valence-electron chi connectivity index (χ0n) is 9.53. The number of aromatic nitrogens is 1. The molecule has 0 fully saturated rings. The molecule has 0 unspecified atom stereocenters. The van der Waals surface area contributed by atoms with Crippen LogP contribution in [-0.4, -0.2) is 4.98 Å². The summed E-state index contributed by atoms with van der Waals surface area (Å²) in [6.07, 6.45) is 5.61. The second-order valence-corrected chi connectivity index (χ2v) is 4.49. The van der Waals surface area contributed by atoms with E-state index in [1.165, 1.54) is 35.1 Å². The fourth-order valence-corrected chi connectivity index (χ4v) is 2.51. The number of hydrogen-bond donors (Lipinski definition) is 0. The van der Waals surface area contributed by atoms with Gasteiger partial charge in [0, 0.05) is 11.9 Å². The van der Waals surface area contributed by atoms with Gasteiger partial charge in [-0.2, -0.15) is 0 Å². The molecule has 1 aromatic heterocycles. The lowest BCUT2D eigenvalue weighted by Crippen LogP contribution is -1.91. The highest BCUT2D eigenvalue weighted by molar-refractivity contribution is 5.71. The first kappa shape index (κ1) is 9.59. The van der Waals surface area contributed by atoms with E-state index in [1.54, 1.807) is 0 Å². The van der Waals surface area contributed by atoms with E-state index in [0.717, 1.165) is 12.1 Å². The Morgan fingerprint density at radius 1 is 1.00 bits per heavy atom. The molecule has 0 N–H and O–H groups in total. The molecule has 1 aliphatic carbocycles. The van der Waals surface area contributed by atoms with Gasteiger partial charge in [0.15, 0.2) is 0 Å². The van der Waals surface area contributed by atoms with E-state index in [0.29, 0.717) is 0 Å². The van der Waals surface area contributed by atoms with Gasteiger partial charge in [0.1, 0.15) is 0 Å². The Labute approximate surface area is 96.2 Å². The van der Waals surface area contributed by atoms with Crippen LogP contribution in [0.3, 0.4) is 0 Å². The van der Waals surface area contributed by atoms with Crippen molar-refractivity contribution < 1.29 is 0 Å².